The quantitative estimate of drug-likeness (QED) is 0.589. The maximum atomic E-state index is 11.2. The summed E-state index contributed by atoms with van der Waals surface area (Å²) in [6.07, 6.45) is 8.29. The lowest BCUT2D eigenvalue weighted by molar-refractivity contribution is -0.152. The predicted octanol–water partition coefficient (Wildman–Crippen LogP) is 3.14. The maximum absolute atomic E-state index is 11.2. The molecule has 0 unspecified atom stereocenters. The molecule has 0 heterocycles. The second-order valence-electron chi connectivity index (χ2n) is 6.21. The molecular formula is C13H19BrO2. The van der Waals surface area contributed by atoms with Gasteiger partial charge in [-0.15, -0.1) is 0 Å². The molecule has 2 nitrogen and oxygen atoms in total. The Hall–Kier alpha value is -0.0500. The van der Waals surface area contributed by atoms with Crippen molar-refractivity contribution in [3.05, 3.63) is 0 Å². The van der Waals surface area contributed by atoms with E-state index in [1.54, 1.807) is 0 Å². The summed E-state index contributed by atoms with van der Waals surface area (Å²) in [6.45, 7) is 0.681. The first-order valence-electron chi connectivity index (χ1n) is 6.41. The molecule has 90 valence electrons. The highest BCUT2D eigenvalue weighted by molar-refractivity contribution is 9.09. The van der Waals surface area contributed by atoms with Crippen LogP contribution in [-0.4, -0.2) is 17.9 Å². The third-order valence-electron chi connectivity index (χ3n) is 4.81. The van der Waals surface area contributed by atoms with E-state index in [0.717, 1.165) is 17.8 Å². The van der Waals surface area contributed by atoms with Gasteiger partial charge in [-0.2, -0.15) is 0 Å². The van der Waals surface area contributed by atoms with Gasteiger partial charge in [0.15, 0.2) is 0 Å². The molecule has 16 heavy (non-hydrogen) atoms. The first-order valence-corrected chi connectivity index (χ1v) is 7.53. The molecule has 0 radical (unpaired) electrons. The van der Waals surface area contributed by atoms with Gasteiger partial charge < -0.3 is 4.74 Å². The van der Waals surface area contributed by atoms with E-state index in [0.29, 0.717) is 17.4 Å². The summed E-state index contributed by atoms with van der Waals surface area (Å²) >= 11 is 3.15. The zero-order chi connectivity index (χ0) is 11.2. The second kappa shape index (κ2) is 4.01. The highest BCUT2D eigenvalue weighted by atomic mass is 79.9. The Bertz CT molecular complexity index is 265. The average Bonchev–Trinajstić information content (AvgIpc) is 2.24. The fourth-order valence-corrected chi connectivity index (χ4v) is 4.90. The Morgan fingerprint density at radius 1 is 1.12 bits per heavy atom. The fraction of sp³-hybridized carbons (Fsp3) is 0.923. The number of carbonyl (C=O) groups excluding carboxylic acids is 1. The number of rotatable bonds is 3. The number of hydrogen-bond acceptors (Lipinski definition) is 2. The van der Waals surface area contributed by atoms with E-state index < -0.39 is 0 Å². The van der Waals surface area contributed by atoms with Crippen LogP contribution in [0.5, 0.6) is 0 Å². The number of alkyl halides is 1. The van der Waals surface area contributed by atoms with Crippen LogP contribution in [0.25, 0.3) is 0 Å². The van der Waals surface area contributed by atoms with E-state index in [1.165, 1.54) is 38.5 Å². The van der Waals surface area contributed by atoms with Crippen LogP contribution >= 0.6 is 15.9 Å². The summed E-state index contributed by atoms with van der Waals surface area (Å²) in [5, 5.41) is 0.333. The Morgan fingerprint density at radius 2 is 1.62 bits per heavy atom. The SMILES string of the molecule is O=C(CBr)OCC12CC3CC(CC(C3)C1)C2. The molecule has 0 amide bonds. The third-order valence-corrected chi connectivity index (χ3v) is 5.27. The van der Waals surface area contributed by atoms with Gasteiger partial charge in [-0.05, 0) is 56.3 Å². The predicted molar refractivity (Wildman–Crippen MR) is 65.4 cm³/mol. The van der Waals surface area contributed by atoms with Crippen LogP contribution in [0.3, 0.4) is 0 Å². The maximum Gasteiger partial charge on any atom is 0.316 e. The monoisotopic (exact) mass is 286 g/mol. The molecule has 4 rings (SSSR count). The first kappa shape index (κ1) is 11.1. The standard InChI is InChI=1S/C13H19BrO2/c14-7-12(15)16-8-13-4-9-1-10(5-13)3-11(2-9)6-13/h9-11H,1-8H2. The minimum atomic E-state index is -0.101. The summed E-state index contributed by atoms with van der Waals surface area (Å²) in [5.41, 5.74) is 0.368. The van der Waals surface area contributed by atoms with Gasteiger partial charge in [-0.1, -0.05) is 15.9 Å². The van der Waals surface area contributed by atoms with E-state index in [1.807, 2.05) is 0 Å². The van der Waals surface area contributed by atoms with Crippen LogP contribution in [0.4, 0.5) is 0 Å². The Labute approximate surface area is 105 Å². The lowest BCUT2D eigenvalue weighted by Gasteiger charge is -2.56. The molecule has 0 aromatic rings. The van der Waals surface area contributed by atoms with Crippen LogP contribution in [0, 0.1) is 23.2 Å². The molecule has 0 saturated heterocycles. The summed E-state index contributed by atoms with van der Waals surface area (Å²) in [6, 6.07) is 0. The first-order chi connectivity index (χ1) is 7.69. The molecular weight excluding hydrogens is 268 g/mol. The van der Waals surface area contributed by atoms with Gasteiger partial charge in [-0.25, -0.2) is 0 Å². The van der Waals surface area contributed by atoms with Crippen LogP contribution in [-0.2, 0) is 9.53 Å². The number of carbonyl (C=O) groups is 1. The molecule has 0 atom stereocenters. The van der Waals surface area contributed by atoms with Crippen LogP contribution in [0.2, 0.25) is 0 Å². The molecule has 4 bridgehead atoms. The topological polar surface area (TPSA) is 26.3 Å². The molecule has 0 aromatic heterocycles. The van der Waals surface area contributed by atoms with E-state index >= 15 is 0 Å². The highest BCUT2D eigenvalue weighted by Gasteiger charge is 2.51. The van der Waals surface area contributed by atoms with Crippen molar-refractivity contribution in [2.75, 3.05) is 11.9 Å². The molecule has 0 spiro atoms. The lowest BCUT2D eigenvalue weighted by atomic mass is 9.50. The molecule has 4 aliphatic rings. The van der Waals surface area contributed by atoms with Gasteiger partial charge in [0, 0.05) is 5.41 Å². The van der Waals surface area contributed by atoms with Crippen LogP contribution in [0.1, 0.15) is 38.5 Å². The smallest absolute Gasteiger partial charge is 0.316 e. The van der Waals surface area contributed by atoms with E-state index in [9.17, 15) is 4.79 Å². The molecule has 4 saturated carbocycles. The molecule has 0 aliphatic heterocycles. The van der Waals surface area contributed by atoms with Gasteiger partial charge in [-0.3, -0.25) is 4.79 Å². The Morgan fingerprint density at radius 3 is 2.06 bits per heavy atom. The van der Waals surface area contributed by atoms with Crippen molar-refractivity contribution < 1.29 is 9.53 Å². The van der Waals surface area contributed by atoms with Crippen LogP contribution in [0.15, 0.2) is 0 Å². The third kappa shape index (κ3) is 1.92. The summed E-state index contributed by atoms with van der Waals surface area (Å²) in [5.74, 6) is 2.72. The van der Waals surface area contributed by atoms with Crippen LogP contribution < -0.4 is 0 Å². The van der Waals surface area contributed by atoms with E-state index in [4.69, 9.17) is 4.74 Å². The molecule has 4 aliphatic carbocycles. The number of ether oxygens (including phenoxy) is 1. The van der Waals surface area contributed by atoms with E-state index in [2.05, 4.69) is 15.9 Å². The molecule has 3 heteroatoms. The van der Waals surface area contributed by atoms with Gasteiger partial charge in [0.25, 0.3) is 0 Å². The molecule has 4 fully saturated rings. The van der Waals surface area contributed by atoms with Gasteiger partial charge >= 0.3 is 5.97 Å². The molecule has 0 aromatic carbocycles. The fourth-order valence-electron chi connectivity index (χ4n) is 4.74. The Kier molecular flexibility index (Phi) is 2.77. The highest BCUT2D eigenvalue weighted by Crippen LogP contribution is 2.59. The normalized spacial score (nSPS) is 44.7. The average molecular weight is 287 g/mol. The lowest BCUT2D eigenvalue weighted by Crippen LogP contribution is -2.48. The summed E-state index contributed by atoms with van der Waals surface area (Å²) < 4.78 is 5.39. The van der Waals surface area contributed by atoms with Crippen molar-refractivity contribution in [1.29, 1.82) is 0 Å². The minimum absolute atomic E-state index is 0.101. The van der Waals surface area contributed by atoms with Crippen molar-refractivity contribution >= 4 is 21.9 Å². The van der Waals surface area contributed by atoms with Crippen molar-refractivity contribution in [1.82, 2.24) is 0 Å². The number of hydrogen-bond donors (Lipinski definition) is 0. The summed E-state index contributed by atoms with van der Waals surface area (Å²) in [4.78, 5) is 11.2. The van der Waals surface area contributed by atoms with Crippen molar-refractivity contribution in [3.63, 3.8) is 0 Å². The largest absolute Gasteiger partial charge is 0.464 e. The summed E-state index contributed by atoms with van der Waals surface area (Å²) in [7, 11) is 0. The van der Waals surface area contributed by atoms with Crippen molar-refractivity contribution in [2.24, 2.45) is 23.2 Å². The second-order valence-corrected chi connectivity index (χ2v) is 6.77. The number of halogens is 1. The number of esters is 1. The Balaban J connectivity index is 1.67. The van der Waals surface area contributed by atoms with Gasteiger partial charge in [0.1, 0.15) is 5.33 Å². The van der Waals surface area contributed by atoms with Gasteiger partial charge in [0.2, 0.25) is 0 Å². The van der Waals surface area contributed by atoms with Crippen molar-refractivity contribution in [2.45, 2.75) is 38.5 Å². The van der Waals surface area contributed by atoms with E-state index in [-0.39, 0.29) is 5.97 Å². The minimum Gasteiger partial charge on any atom is -0.464 e. The van der Waals surface area contributed by atoms with Gasteiger partial charge in [0.05, 0.1) is 6.61 Å². The zero-order valence-corrected chi connectivity index (χ0v) is 11.2. The van der Waals surface area contributed by atoms with Crippen molar-refractivity contribution in [3.8, 4) is 0 Å². The molecule has 0 N–H and O–H groups in total. The zero-order valence-electron chi connectivity index (χ0n) is 9.58.